The van der Waals surface area contributed by atoms with E-state index in [0.29, 0.717) is 60.0 Å². The molecule has 3 heterocycles. The van der Waals surface area contributed by atoms with Gasteiger partial charge in [0, 0.05) is 32.5 Å². The summed E-state index contributed by atoms with van der Waals surface area (Å²) in [5.74, 6) is 0.127. The second-order valence-corrected chi connectivity index (χ2v) is 8.43. The molecule has 0 spiro atoms. The van der Waals surface area contributed by atoms with Crippen LogP contribution in [-0.2, 0) is 14.3 Å². The largest absolute Gasteiger partial charge is 0.394 e. The van der Waals surface area contributed by atoms with Gasteiger partial charge in [-0.3, -0.25) is 18.9 Å². The molecule has 0 atom stereocenters. The van der Waals surface area contributed by atoms with E-state index in [2.05, 4.69) is 10.3 Å². The first kappa shape index (κ1) is 24.3. The van der Waals surface area contributed by atoms with Crippen LogP contribution < -0.4 is 10.9 Å². The van der Waals surface area contributed by atoms with Gasteiger partial charge in [0.2, 0.25) is 0 Å². The van der Waals surface area contributed by atoms with E-state index in [9.17, 15) is 9.59 Å². The Labute approximate surface area is 195 Å². The first-order chi connectivity index (χ1) is 15.6. The summed E-state index contributed by atoms with van der Waals surface area (Å²) >= 11 is 6.55. The lowest BCUT2D eigenvalue weighted by atomic mass is 10.2. The molecule has 11 heteroatoms. The number of anilines is 1. The molecule has 0 saturated carbocycles. The van der Waals surface area contributed by atoms with E-state index in [4.69, 9.17) is 26.8 Å². The van der Waals surface area contributed by atoms with E-state index in [-0.39, 0.29) is 30.2 Å². The monoisotopic (exact) mass is 478 g/mol. The number of aromatic nitrogens is 2. The van der Waals surface area contributed by atoms with Crippen molar-refractivity contribution in [2.45, 2.75) is 13.3 Å². The van der Waals surface area contributed by atoms with Gasteiger partial charge in [-0.2, -0.15) is 0 Å². The molecule has 0 aliphatic carbocycles. The quantitative estimate of drug-likeness (QED) is 0.268. The molecule has 0 unspecified atom stereocenters. The minimum atomic E-state index is -0.295. The number of amides is 1. The van der Waals surface area contributed by atoms with E-state index in [1.165, 1.54) is 21.1 Å². The number of thioether (sulfide) groups is 1. The predicted octanol–water partition coefficient (Wildman–Crippen LogP) is 1.74. The zero-order valence-electron chi connectivity index (χ0n) is 17.8. The van der Waals surface area contributed by atoms with Gasteiger partial charge in [0.1, 0.15) is 15.8 Å². The number of hydrogen-bond donors (Lipinski definition) is 2. The molecule has 0 bridgehead atoms. The molecule has 1 amide bonds. The molecule has 2 N–H and O–H groups in total. The molecule has 1 aliphatic rings. The Balaban J connectivity index is 1.87. The molecule has 1 fully saturated rings. The third-order valence-corrected chi connectivity index (χ3v) is 5.94. The SMILES string of the molecule is CCOCCCN1C(=O)C(=Cc2c(NCCOCCO)nc3ccccn3c2=O)SC1=S. The zero-order chi connectivity index (χ0) is 22.9. The number of fused-ring (bicyclic) bond motifs is 1. The standard InChI is InChI=1S/C21H26N4O5S2/c1-2-29-11-5-9-25-20(28)16(32-21(25)31)14-15-18(22-7-12-30-13-10-26)23-17-6-3-4-8-24(17)19(15)27/h3-4,6,8,14,22,26H,2,5,7,9-13H2,1H3. The van der Waals surface area contributed by atoms with Crippen molar-refractivity contribution >= 4 is 51.7 Å². The second kappa shape index (κ2) is 12.1. The number of nitrogens with zero attached hydrogens (tertiary/aromatic N) is 3. The number of carbonyl (C=O) groups is 1. The Bertz CT molecular complexity index is 1060. The fraction of sp³-hybridized carbons (Fsp3) is 0.429. The van der Waals surface area contributed by atoms with Gasteiger partial charge >= 0.3 is 0 Å². The topological polar surface area (TPSA) is 105 Å². The Kier molecular flexibility index (Phi) is 9.18. The Morgan fingerprint density at radius 2 is 2.09 bits per heavy atom. The maximum atomic E-state index is 13.2. The molecule has 1 aliphatic heterocycles. The van der Waals surface area contributed by atoms with Crippen LogP contribution in [0.3, 0.4) is 0 Å². The van der Waals surface area contributed by atoms with Crippen LogP contribution in [0.25, 0.3) is 11.7 Å². The van der Waals surface area contributed by atoms with E-state index >= 15 is 0 Å². The number of thiocarbonyl (C=S) groups is 1. The average Bonchev–Trinajstić information content (AvgIpc) is 3.06. The van der Waals surface area contributed by atoms with Crippen molar-refractivity contribution in [3.8, 4) is 0 Å². The molecule has 172 valence electrons. The highest BCUT2D eigenvalue weighted by Gasteiger charge is 2.32. The molecule has 32 heavy (non-hydrogen) atoms. The molecule has 0 radical (unpaired) electrons. The Hall–Kier alpha value is -2.31. The fourth-order valence-corrected chi connectivity index (χ4v) is 4.36. The molecule has 9 nitrogen and oxygen atoms in total. The van der Waals surface area contributed by atoms with E-state index in [1.54, 1.807) is 30.5 Å². The van der Waals surface area contributed by atoms with Gasteiger partial charge in [0.25, 0.3) is 11.5 Å². The number of rotatable bonds is 12. The summed E-state index contributed by atoms with van der Waals surface area (Å²) in [4.78, 5) is 32.6. The summed E-state index contributed by atoms with van der Waals surface area (Å²) in [7, 11) is 0. The lowest BCUT2D eigenvalue weighted by Gasteiger charge is -2.14. The zero-order valence-corrected chi connectivity index (χ0v) is 19.4. The third kappa shape index (κ3) is 5.93. The van der Waals surface area contributed by atoms with Crippen molar-refractivity contribution in [2.24, 2.45) is 0 Å². The lowest BCUT2D eigenvalue weighted by molar-refractivity contribution is -0.122. The van der Waals surface area contributed by atoms with E-state index in [1.807, 2.05) is 6.92 Å². The van der Waals surface area contributed by atoms with Gasteiger partial charge in [-0.15, -0.1) is 0 Å². The van der Waals surface area contributed by atoms with Crippen molar-refractivity contribution in [1.29, 1.82) is 0 Å². The number of aliphatic hydroxyl groups is 1. The number of hydrogen-bond acceptors (Lipinski definition) is 9. The highest BCUT2D eigenvalue weighted by atomic mass is 32.2. The van der Waals surface area contributed by atoms with Crippen LogP contribution in [-0.4, -0.2) is 75.7 Å². The minimum absolute atomic E-state index is 0.0623. The number of aliphatic hydroxyl groups excluding tert-OH is 1. The van der Waals surface area contributed by atoms with Crippen LogP contribution in [0.1, 0.15) is 18.9 Å². The van der Waals surface area contributed by atoms with Gasteiger partial charge in [-0.25, -0.2) is 4.98 Å². The van der Waals surface area contributed by atoms with Crippen molar-refractivity contribution < 1.29 is 19.4 Å². The van der Waals surface area contributed by atoms with Crippen LogP contribution in [0, 0.1) is 0 Å². The van der Waals surface area contributed by atoms with Crippen molar-refractivity contribution in [1.82, 2.24) is 14.3 Å². The van der Waals surface area contributed by atoms with Gasteiger partial charge in [0.15, 0.2) is 0 Å². The highest BCUT2D eigenvalue weighted by Crippen LogP contribution is 2.33. The third-order valence-electron chi connectivity index (χ3n) is 4.57. The number of carbonyl (C=O) groups excluding carboxylic acids is 1. The van der Waals surface area contributed by atoms with E-state index < -0.39 is 0 Å². The first-order valence-electron chi connectivity index (χ1n) is 10.3. The maximum Gasteiger partial charge on any atom is 0.267 e. The number of pyridine rings is 1. The first-order valence-corrected chi connectivity index (χ1v) is 11.6. The molecular formula is C21H26N4O5S2. The average molecular weight is 479 g/mol. The maximum absolute atomic E-state index is 13.2. The summed E-state index contributed by atoms with van der Waals surface area (Å²) in [6.45, 7) is 4.44. The predicted molar refractivity (Wildman–Crippen MR) is 129 cm³/mol. The smallest absolute Gasteiger partial charge is 0.267 e. The van der Waals surface area contributed by atoms with Gasteiger partial charge in [-0.1, -0.05) is 30.0 Å². The van der Waals surface area contributed by atoms with Crippen LogP contribution in [0.15, 0.2) is 34.1 Å². The van der Waals surface area contributed by atoms with Crippen LogP contribution in [0.4, 0.5) is 5.82 Å². The van der Waals surface area contributed by atoms with E-state index in [0.717, 1.165) is 0 Å². The summed E-state index contributed by atoms with van der Waals surface area (Å²) in [5.41, 5.74) is 0.457. The van der Waals surface area contributed by atoms with Crippen LogP contribution in [0.5, 0.6) is 0 Å². The summed E-state index contributed by atoms with van der Waals surface area (Å²) in [5, 5.41) is 11.9. The molecule has 2 aromatic rings. The highest BCUT2D eigenvalue weighted by molar-refractivity contribution is 8.26. The summed E-state index contributed by atoms with van der Waals surface area (Å²) < 4.78 is 12.5. The molecule has 1 saturated heterocycles. The van der Waals surface area contributed by atoms with Crippen LogP contribution >= 0.6 is 24.0 Å². The number of ether oxygens (including phenoxy) is 2. The normalized spacial score (nSPS) is 15.3. The Morgan fingerprint density at radius 3 is 2.88 bits per heavy atom. The van der Waals surface area contributed by atoms with Crippen molar-refractivity contribution in [2.75, 3.05) is 51.4 Å². The molecule has 0 aromatic carbocycles. The van der Waals surface area contributed by atoms with Crippen LogP contribution in [0.2, 0.25) is 0 Å². The van der Waals surface area contributed by atoms with Crippen molar-refractivity contribution in [3.05, 3.63) is 45.2 Å². The Morgan fingerprint density at radius 1 is 1.25 bits per heavy atom. The molecular weight excluding hydrogens is 452 g/mol. The van der Waals surface area contributed by atoms with Gasteiger partial charge in [0.05, 0.1) is 30.3 Å². The fourth-order valence-electron chi connectivity index (χ4n) is 3.07. The van der Waals surface area contributed by atoms with Crippen molar-refractivity contribution in [3.63, 3.8) is 0 Å². The summed E-state index contributed by atoms with van der Waals surface area (Å²) in [6.07, 6.45) is 3.86. The molecule has 3 rings (SSSR count). The lowest BCUT2D eigenvalue weighted by Crippen LogP contribution is -2.29. The second-order valence-electron chi connectivity index (χ2n) is 6.75. The minimum Gasteiger partial charge on any atom is -0.394 e. The number of nitrogens with one attached hydrogen (secondary N) is 1. The van der Waals surface area contributed by atoms with Gasteiger partial charge < -0.3 is 19.9 Å². The molecule has 2 aromatic heterocycles. The summed E-state index contributed by atoms with van der Waals surface area (Å²) in [6, 6.07) is 5.27. The van der Waals surface area contributed by atoms with Gasteiger partial charge in [-0.05, 0) is 31.6 Å².